The van der Waals surface area contributed by atoms with E-state index < -0.39 is 6.09 Å². The molecular formula is C11H14ClNO2. The summed E-state index contributed by atoms with van der Waals surface area (Å²) in [6, 6.07) is 3.92. The summed E-state index contributed by atoms with van der Waals surface area (Å²) in [7, 11) is 1.33. The Morgan fingerprint density at radius 1 is 1.40 bits per heavy atom. The Hall–Kier alpha value is -1.22. The fraction of sp³-hybridized carbons (Fsp3) is 0.364. The average Bonchev–Trinajstić information content (AvgIpc) is 2.23. The Balaban J connectivity index is 3.13. The number of amides is 1. The van der Waals surface area contributed by atoms with E-state index in [2.05, 4.69) is 10.1 Å². The minimum atomic E-state index is -0.477. The van der Waals surface area contributed by atoms with E-state index >= 15 is 0 Å². The highest BCUT2D eigenvalue weighted by Gasteiger charge is 2.10. The van der Waals surface area contributed by atoms with Crippen molar-refractivity contribution < 1.29 is 9.53 Å². The van der Waals surface area contributed by atoms with Crippen LogP contribution in [0.2, 0.25) is 0 Å². The molecule has 0 radical (unpaired) electrons. The molecule has 0 aromatic heterocycles. The fourth-order valence-corrected chi connectivity index (χ4v) is 1.71. The highest BCUT2D eigenvalue weighted by Crippen LogP contribution is 2.25. The summed E-state index contributed by atoms with van der Waals surface area (Å²) < 4.78 is 4.56. The Kier molecular flexibility index (Phi) is 3.97. The van der Waals surface area contributed by atoms with Crippen LogP contribution in [-0.4, -0.2) is 13.2 Å². The smallest absolute Gasteiger partial charge is 0.411 e. The van der Waals surface area contributed by atoms with Crippen molar-refractivity contribution in [3.63, 3.8) is 0 Å². The summed E-state index contributed by atoms with van der Waals surface area (Å²) in [4.78, 5) is 11.1. The number of hydrogen-bond donors (Lipinski definition) is 1. The van der Waals surface area contributed by atoms with Crippen LogP contribution in [0.15, 0.2) is 12.1 Å². The van der Waals surface area contributed by atoms with Gasteiger partial charge in [-0.3, -0.25) is 5.32 Å². The molecule has 0 bridgehead atoms. The van der Waals surface area contributed by atoms with Gasteiger partial charge in [-0.2, -0.15) is 0 Å². The van der Waals surface area contributed by atoms with E-state index in [9.17, 15) is 4.79 Å². The molecule has 1 aromatic rings. The lowest BCUT2D eigenvalue weighted by atomic mass is 10.0. The van der Waals surface area contributed by atoms with Gasteiger partial charge in [-0.1, -0.05) is 12.1 Å². The van der Waals surface area contributed by atoms with E-state index in [1.165, 1.54) is 7.11 Å². The van der Waals surface area contributed by atoms with Crippen LogP contribution in [0.3, 0.4) is 0 Å². The minimum Gasteiger partial charge on any atom is -0.453 e. The molecule has 15 heavy (non-hydrogen) atoms. The predicted molar refractivity (Wildman–Crippen MR) is 61.5 cm³/mol. The van der Waals surface area contributed by atoms with Crippen molar-refractivity contribution in [3.8, 4) is 0 Å². The molecule has 1 aromatic carbocycles. The number of anilines is 1. The number of ether oxygens (including phenoxy) is 1. The maximum absolute atomic E-state index is 11.1. The largest absolute Gasteiger partial charge is 0.453 e. The van der Waals surface area contributed by atoms with Crippen molar-refractivity contribution in [2.24, 2.45) is 0 Å². The van der Waals surface area contributed by atoms with Gasteiger partial charge in [-0.05, 0) is 30.5 Å². The average molecular weight is 228 g/mol. The zero-order valence-corrected chi connectivity index (χ0v) is 9.81. The number of rotatable bonds is 2. The third-order valence-electron chi connectivity index (χ3n) is 2.30. The Labute approximate surface area is 94.4 Å². The number of methoxy groups -OCH3 is 1. The lowest BCUT2D eigenvalue weighted by Crippen LogP contribution is -2.14. The third kappa shape index (κ3) is 2.63. The first kappa shape index (κ1) is 11.9. The van der Waals surface area contributed by atoms with Gasteiger partial charge in [-0.25, -0.2) is 4.79 Å². The van der Waals surface area contributed by atoms with Gasteiger partial charge in [0, 0.05) is 5.88 Å². The Morgan fingerprint density at radius 3 is 2.53 bits per heavy atom. The molecule has 0 unspecified atom stereocenters. The second-order valence-electron chi connectivity index (χ2n) is 3.30. The summed E-state index contributed by atoms with van der Waals surface area (Å²) in [5, 5.41) is 2.67. The third-order valence-corrected chi connectivity index (χ3v) is 2.57. The molecule has 0 aliphatic carbocycles. The normalized spacial score (nSPS) is 9.87. The van der Waals surface area contributed by atoms with Gasteiger partial charge in [-0.15, -0.1) is 11.6 Å². The van der Waals surface area contributed by atoms with Crippen LogP contribution < -0.4 is 5.32 Å². The number of benzene rings is 1. The number of hydrogen-bond acceptors (Lipinski definition) is 2. The van der Waals surface area contributed by atoms with Gasteiger partial charge in [0.2, 0.25) is 0 Å². The Morgan fingerprint density at radius 2 is 2.00 bits per heavy atom. The maximum atomic E-state index is 11.1. The van der Waals surface area contributed by atoms with Gasteiger partial charge >= 0.3 is 6.09 Å². The molecule has 4 heteroatoms. The molecule has 0 aliphatic heterocycles. The van der Waals surface area contributed by atoms with E-state index in [1.807, 2.05) is 26.0 Å². The van der Waals surface area contributed by atoms with Crippen molar-refractivity contribution in [1.29, 1.82) is 0 Å². The molecule has 1 N–H and O–H groups in total. The molecule has 0 heterocycles. The first-order valence-electron chi connectivity index (χ1n) is 4.60. The zero-order valence-electron chi connectivity index (χ0n) is 9.06. The van der Waals surface area contributed by atoms with E-state index in [0.29, 0.717) is 5.88 Å². The van der Waals surface area contributed by atoms with Crippen LogP contribution in [0.4, 0.5) is 10.5 Å². The maximum Gasteiger partial charge on any atom is 0.411 e. The number of aryl methyl sites for hydroxylation is 2. The van der Waals surface area contributed by atoms with Crippen LogP contribution in [0.1, 0.15) is 16.7 Å². The molecule has 0 atom stereocenters. The molecule has 82 valence electrons. The van der Waals surface area contributed by atoms with Gasteiger partial charge < -0.3 is 4.74 Å². The minimum absolute atomic E-state index is 0.368. The summed E-state index contributed by atoms with van der Waals surface area (Å²) in [5.74, 6) is 0.368. The summed E-state index contributed by atoms with van der Waals surface area (Å²) >= 11 is 5.84. The fourth-order valence-electron chi connectivity index (χ4n) is 1.37. The van der Waals surface area contributed by atoms with E-state index in [1.54, 1.807) is 0 Å². The second kappa shape index (κ2) is 5.03. The topological polar surface area (TPSA) is 38.3 Å². The molecule has 0 fully saturated rings. The van der Waals surface area contributed by atoms with Crippen molar-refractivity contribution in [2.45, 2.75) is 19.7 Å². The lowest BCUT2D eigenvalue weighted by Gasteiger charge is -2.13. The first-order chi connectivity index (χ1) is 7.10. The number of halogens is 1. The number of alkyl halides is 1. The van der Waals surface area contributed by atoms with Crippen LogP contribution >= 0.6 is 11.6 Å². The van der Waals surface area contributed by atoms with Crippen molar-refractivity contribution >= 4 is 23.4 Å². The number of carbonyl (C=O) groups is 1. The van der Waals surface area contributed by atoms with Crippen molar-refractivity contribution in [3.05, 3.63) is 28.8 Å². The quantitative estimate of drug-likeness (QED) is 0.788. The van der Waals surface area contributed by atoms with Crippen molar-refractivity contribution in [2.75, 3.05) is 12.4 Å². The number of carbonyl (C=O) groups excluding carboxylic acids is 1. The molecule has 0 aliphatic rings. The summed E-state index contributed by atoms with van der Waals surface area (Å²) in [5.41, 5.74) is 3.71. The molecule has 0 saturated carbocycles. The summed E-state index contributed by atoms with van der Waals surface area (Å²) in [6.45, 7) is 3.88. The van der Waals surface area contributed by atoms with Crippen LogP contribution in [-0.2, 0) is 10.6 Å². The highest BCUT2D eigenvalue weighted by molar-refractivity contribution is 6.17. The van der Waals surface area contributed by atoms with Crippen LogP contribution in [0.25, 0.3) is 0 Å². The predicted octanol–water partition coefficient (Wildman–Crippen LogP) is 3.22. The monoisotopic (exact) mass is 227 g/mol. The molecule has 0 saturated heterocycles. The van der Waals surface area contributed by atoms with Gasteiger partial charge in [0.15, 0.2) is 0 Å². The van der Waals surface area contributed by atoms with E-state index in [-0.39, 0.29) is 0 Å². The molecule has 1 rings (SSSR count). The molecule has 3 nitrogen and oxygen atoms in total. The molecule has 1 amide bonds. The van der Waals surface area contributed by atoms with Crippen molar-refractivity contribution in [1.82, 2.24) is 0 Å². The molecular weight excluding hydrogens is 214 g/mol. The standard InChI is InChI=1S/C11H14ClNO2/c1-7-4-5-8(2)10(9(7)6-12)13-11(14)15-3/h4-5H,6H2,1-3H3,(H,13,14). The number of nitrogens with one attached hydrogen (secondary N) is 1. The lowest BCUT2D eigenvalue weighted by molar-refractivity contribution is 0.187. The first-order valence-corrected chi connectivity index (χ1v) is 5.13. The van der Waals surface area contributed by atoms with Gasteiger partial charge in [0.1, 0.15) is 0 Å². The second-order valence-corrected chi connectivity index (χ2v) is 3.57. The highest BCUT2D eigenvalue weighted by atomic mass is 35.5. The zero-order chi connectivity index (χ0) is 11.4. The SMILES string of the molecule is COC(=O)Nc1c(C)ccc(C)c1CCl. The van der Waals surface area contributed by atoms with Gasteiger partial charge in [0.05, 0.1) is 12.8 Å². The van der Waals surface area contributed by atoms with Gasteiger partial charge in [0.25, 0.3) is 0 Å². The van der Waals surface area contributed by atoms with E-state index in [0.717, 1.165) is 22.4 Å². The summed E-state index contributed by atoms with van der Waals surface area (Å²) in [6.07, 6.45) is -0.477. The van der Waals surface area contributed by atoms with E-state index in [4.69, 9.17) is 11.6 Å². The van der Waals surface area contributed by atoms with Crippen LogP contribution in [0.5, 0.6) is 0 Å². The molecule has 0 spiro atoms. The Bertz CT molecular complexity index is 377. The van der Waals surface area contributed by atoms with Crippen LogP contribution in [0, 0.1) is 13.8 Å².